The predicted octanol–water partition coefficient (Wildman–Crippen LogP) is 3.31. The smallest absolute Gasteiger partial charge is 0.191 e. The van der Waals surface area contributed by atoms with E-state index in [-0.39, 0.29) is 5.41 Å². The van der Waals surface area contributed by atoms with Gasteiger partial charge in [0.2, 0.25) is 0 Å². The van der Waals surface area contributed by atoms with Gasteiger partial charge in [-0.05, 0) is 43.4 Å². The Hall–Kier alpha value is -2.27. The minimum Gasteiger partial charge on any atom is -0.466 e. The summed E-state index contributed by atoms with van der Waals surface area (Å²) in [5.74, 6) is 1.23. The van der Waals surface area contributed by atoms with Crippen LogP contribution in [0.5, 0.6) is 0 Å². The lowest BCUT2D eigenvalue weighted by atomic mass is 9.86. The van der Waals surface area contributed by atoms with Crippen molar-refractivity contribution >= 4 is 5.96 Å². The number of guanidine groups is 1. The second kappa shape index (κ2) is 8.90. The molecule has 1 aromatic heterocycles. The van der Waals surface area contributed by atoms with Crippen LogP contribution in [0.4, 0.5) is 0 Å². The van der Waals surface area contributed by atoms with Gasteiger partial charge in [0.05, 0.1) is 12.8 Å². The van der Waals surface area contributed by atoms with Gasteiger partial charge in [-0.1, -0.05) is 44.2 Å². The molecule has 0 amide bonds. The fraction of sp³-hybridized carbons (Fsp3) is 0.476. The SMILES string of the molecule is CCNC(=NCC(C)(C)Cc1ccccc1)NCC(C)(O)c1ccco1. The van der Waals surface area contributed by atoms with Gasteiger partial charge >= 0.3 is 0 Å². The van der Waals surface area contributed by atoms with Crippen LogP contribution in [0.2, 0.25) is 0 Å². The van der Waals surface area contributed by atoms with Crippen molar-refractivity contribution in [2.45, 2.75) is 39.7 Å². The lowest BCUT2D eigenvalue weighted by molar-refractivity contribution is 0.0385. The number of furan rings is 1. The van der Waals surface area contributed by atoms with Crippen LogP contribution in [-0.2, 0) is 12.0 Å². The van der Waals surface area contributed by atoms with Gasteiger partial charge in [0.1, 0.15) is 11.4 Å². The quantitative estimate of drug-likeness (QED) is 0.501. The van der Waals surface area contributed by atoms with Crippen LogP contribution in [0.15, 0.2) is 58.1 Å². The molecule has 1 atom stereocenters. The van der Waals surface area contributed by atoms with E-state index in [1.807, 2.05) is 13.0 Å². The Morgan fingerprint density at radius 2 is 1.81 bits per heavy atom. The van der Waals surface area contributed by atoms with E-state index < -0.39 is 5.60 Å². The van der Waals surface area contributed by atoms with Crippen LogP contribution in [0, 0.1) is 5.41 Å². The number of hydrogen-bond donors (Lipinski definition) is 3. The Kier molecular flexibility index (Phi) is 6.86. The van der Waals surface area contributed by atoms with E-state index in [0.29, 0.717) is 24.8 Å². The first-order valence-electron chi connectivity index (χ1n) is 9.15. The number of nitrogens with one attached hydrogen (secondary N) is 2. The summed E-state index contributed by atoms with van der Waals surface area (Å²) in [6, 6.07) is 14.0. The van der Waals surface area contributed by atoms with Crippen molar-refractivity contribution in [2.24, 2.45) is 10.4 Å². The Labute approximate surface area is 156 Å². The van der Waals surface area contributed by atoms with Crippen LogP contribution in [0.3, 0.4) is 0 Å². The average molecular weight is 357 g/mol. The van der Waals surface area contributed by atoms with Crippen molar-refractivity contribution in [3.05, 3.63) is 60.1 Å². The van der Waals surface area contributed by atoms with Crippen molar-refractivity contribution in [3.63, 3.8) is 0 Å². The molecule has 0 spiro atoms. The minimum absolute atomic E-state index is 0.0350. The molecular weight excluding hydrogens is 326 g/mol. The number of hydrogen-bond acceptors (Lipinski definition) is 3. The zero-order valence-corrected chi connectivity index (χ0v) is 16.2. The highest BCUT2D eigenvalue weighted by Gasteiger charge is 2.26. The third kappa shape index (κ3) is 6.23. The van der Waals surface area contributed by atoms with Gasteiger partial charge in [0.15, 0.2) is 5.96 Å². The van der Waals surface area contributed by atoms with Gasteiger partial charge in [-0.25, -0.2) is 0 Å². The first-order valence-corrected chi connectivity index (χ1v) is 9.15. The summed E-state index contributed by atoms with van der Waals surface area (Å²) in [6.45, 7) is 9.93. The summed E-state index contributed by atoms with van der Waals surface area (Å²) in [5.41, 5.74) is 0.248. The molecule has 1 unspecified atom stereocenters. The van der Waals surface area contributed by atoms with E-state index in [1.54, 1.807) is 25.3 Å². The highest BCUT2D eigenvalue weighted by atomic mass is 16.4. The van der Waals surface area contributed by atoms with Gasteiger partial charge in [0, 0.05) is 13.1 Å². The molecule has 0 radical (unpaired) electrons. The molecule has 0 fully saturated rings. The van der Waals surface area contributed by atoms with E-state index in [4.69, 9.17) is 9.41 Å². The summed E-state index contributed by atoms with van der Waals surface area (Å²) in [6.07, 6.45) is 2.52. The van der Waals surface area contributed by atoms with E-state index in [9.17, 15) is 5.11 Å². The molecule has 1 aromatic carbocycles. The normalized spacial score (nSPS) is 14.7. The Bertz CT molecular complexity index is 677. The molecule has 0 saturated carbocycles. The van der Waals surface area contributed by atoms with E-state index >= 15 is 0 Å². The molecule has 26 heavy (non-hydrogen) atoms. The van der Waals surface area contributed by atoms with Gasteiger partial charge in [-0.2, -0.15) is 0 Å². The third-order valence-electron chi connectivity index (χ3n) is 4.19. The fourth-order valence-corrected chi connectivity index (χ4v) is 2.77. The van der Waals surface area contributed by atoms with Crippen molar-refractivity contribution in [2.75, 3.05) is 19.6 Å². The largest absolute Gasteiger partial charge is 0.466 e. The Morgan fingerprint density at radius 1 is 1.08 bits per heavy atom. The average Bonchev–Trinajstić information content (AvgIpc) is 3.13. The highest BCUT2D eigenvalue weighted by molar-refractivity contribution is 5.79. The van der Waals surface area contributed by atoms with Crippen LogP contribution in [0.1, 0.15) is 39.0 Å². The van der Waals surface area contributed by atoms with Gasteiger partial charge < -0.3 is 20.2 Å². The van der Waals surface area contributed by atoms with Crippen molar-refractivity contribution in [1.29, 1.82) is 0 Å². The molecule has 5 nitrogen and oxygen atoms in total. The molecule has 2 aromatic rings. The second-order valence-corrected chi connectivity index (χ2v) is 7.63. The third-order valence-corrected chi connectivity index (χ3v) is 4.19. The number of aliphatic hydroxyl groups is 1. The summed E-state index contributed by atoms with van der Waals surface area (Å²) in [5, 5.41) is 17.0. The summed E-state index contributed by atoms with van der Waals surface area (Å²) < 4.78 is 5.32. The molecule has 1 heterocycles. The maximum Gasteiger partial charge on any atom is 0.191 e. The number of nitrogens with zero attached hydrogens (tertiary/aromatic N) is 1. The van der Waals surface area contributed by atoms with Crippen LogP contribution in [0.25, 0.3) is 0 Å². The maximum absolute atomic E-state index is 10.6. The molecule has 0 aliphatic carbocycles. The summed E-state index contributed by atoms with van der Waals surface area (Å²) in [4.78, 5) is 4.72. The monoisotopic (exact) mass is 357 g/mol. The Morgan fingerprint density at radius 3 is 2.42 bits per heavy atom. The lowest BCUT2D eigenvalue weighted by Gasteiger charge is -2.25. The first kappa shape index (κ1) is 20.0. The van der Waals surface area contributed by atoms with Crippen LogP contribution >= 0.6 is 0 Å². The molecule has 142 valence electrons. The zero-order chi connectivity index (χ0) is 19.0. The standard InChI is InChI=1S/C21H31N3O2/c1-5-22-19(24-16-21(4,25)18-12-9-13-26-18)23-15-20(2,3)14-17-10-7-6-8-11-17/h6-13,25H,5,14-16H2,1-4H3,(H2,22,23,24). The fourth-order valence-electron chi connectivity index (χ4n) is 2.77. The summed E-state index contributed by atoms with van der Waals surface area (Å²) in [7, 11) is 0. The van der Waals surface area contributed by atoms with Crippen LogP contribution < -0.4 is 10.6 Å². The number of benzene rings is 1. The van der Waals surface area contributed by atoms with E-state index in [1.165, 1.54) is 5.56 Å². The van der Waals surface area contributed by atoms with Crippen LogP contribution in [-0.4, -0.2) is 30.7 Å². The number of rotatable bonds is 8. The molecule has 0 saturated heterocycles. The van der Waals surface area contributed by atoms with Crippen molar-refractivity contribution < 1.29 is 9.52 Å². The van der Waals surface area contributed by atoms with E-state index in [0.717, 1.165) is 13.0 Å². The molecular formula is C21H31N3O2. The molecule has 0 bridgehead atoms. The topological polar surface area (TPSA) is 69.8 Å². The maximum atomic E-state index is 10.6. The van der Waals surface area contributed by atoms with E-state index in [2.05, 4.69) is 48.7 Å². The molecule has 0 aliphatic rings. The van der Waals surface area contributed by atoms with Crippen molar-refractivity contribution in [1.82, 2.24) is 10.6 Å². The molecule has 0 aliphatic heterocycles. The minimum atomic E-state index is -1.10. The highest BCUT2D eigenvalue weighted by Crippen LogP contribution is 2.22. The Balaban J connectivity index is 1.97. The van der Waals surface area contributed by atoms with Gasteiger partial charge in [-0.15, -0.1) is 0 Å². The predicted molar refractivity (Wildman–Crippen MR) is 106 cm³/mol. The van der Waals surface area contributed by atoms with Gasteiger partial charge in [0.25, 0.3) is 0 Å². The molecule has 3 N–H and O–H groups in total. The second-order valence-electron chi connectivity index (χ2n) is 7.63. The first-order chi connectivity index (χ1) is 12.3. The number of aliphatic imine (C=N–C) groups is 1. The van der Waals surface area contributed by atoms with Gasteiger partial charge in [-0.3, -0.25) is 4.99 Å². The van der Waals surface area contributed by atoms with Crippen molar-refractivity contribution in [3.8, 4) is 0 Å². The summed E-state index contributed by atoms with van der Waals surface area (Å²) >= 11 is 0. The lowest BCUT2D eigenvalue weighted by Crippen LogP contribution is -2.44. The zero-order valence-electron chi connectivity index (χ0n) is 16.2. The molecule has 5 heteroatoms. The molecule has 2 rings (SSSR count).